The first-order chi connectivity index (χ1) is 17.5. The molecule has 188 valence electrons. The van der Waals surface area contributed by atoms with Crippen molar-refractivity contribution in [1.29, 1.82) is 0 Å². The highest BCUT2D eigenvalue weighted by Crippen LogP contribution is 2.37. The number of piperazine rings is 1. The fourth-order valence-electron chi connectivity index (χ4n) is 5.68. The molecule has 1 aliphatic heterocycles. The third kappa shape index (κ3) is 4.48. The molecular weight excluding hydrogens is 464 g/mol. The third-order valence-electron chi connectivity index (χ3n) is 7.84. The molecule has 3 aliphatic rings. The van der Waals surface area contributed by atoms with Crippen LogP contribution >= 0.6 is 0 Å². The molecule has 3 fully saturated rings. The van der Waals surface area contributed by atoms with Crippen LogP contribution in [0.15, 0.2) is 41.3 Å². The molecule has 2 aromatic heterocycles. The first-order valence-electron chi connectivity index (χ1n) is 12.7. The second-order valence-electron chi connectivity index (χ2n) is 10.2. The van der Waals surface area contributed by atoms with Gasteiger partial charge in [0.25, 0.3) is 11.5 Å². The lowest BCUT2D eigenvalue weighted by atomic mass is 10.00. The summed E-state index contributed by atoms with van der Waals surface area (Å²) >= 11 is 0. The van der Waals surface area contributed by atoms with E-state index in [1.54, 1.807) is 18.3 Å². The fraction of sp³-hybridized carbons (Fsp3) is 0.444. The number of carbonyl (C=O) groups is 1. The predicted octanol–water partition coefficient (Wildman–Crippen LogP) is 3.55. The standard InChI is InChI=1S/C27H29F2N5O2/c28-21-3-1-2-17-13-23(32-26(35)24(17)21)16-4-7-19(12-16)33-8-10-34(11-9-33)20-14-22(29)25(30-15-20)27(36)31-18-5-6-18/h1-3,13-16,18-19H,4-12H2,(H,31,36)(H,32,35)/t16-,19-/m1/s1. The molecule has 2 N–H and O–H groups in total. The van der Waals surface area contributed by atoms with Gasteiger partial charge in [-0.05, 0) is 49.6 Å². The van der Waals surface area contributed by atoms with Crippen LogP contribution in [0.4, 0.5) is 14.5 Å². The average molecular weight is 494 g/mol. The minimum atomic E-state index is -0.587. The van der Waals surface area contributed by atoms with Crippen molar-refractivity contribution in [2.75, 3.05) is 31.1 Å². The van der Waals surface area contributed by atoms with Gasteiger partial charge >= 0.3 is 0 Å². The van der Waals surface area contributed by atoms with Gasteiger partial charge in [0.15, 0.2) is 11.5 Å². The van der Waals surface area contributed by atoms with Crippen LogP contribution in [0.2, 0.25) is 0 Å². The minimum absolute atomic E-state index is 0.120. The molecule has 36 heavy (non-hydrogen) atoms. The van der Waals surface area contributed by atoms with Crippen LogP contribution in [-0.4, -0.2) is 59.0 Å². The number of anilines is 1. The van der Waals surface area contributed by atoms with Crippen molar-refractivity contribution >= 4 is 22.4 Å². The summed E-state index contributed by atoms with van der Waals surface area (Å²) in [6, 6.07) is 8.63. The fourth-order valence-corrected chi connectivity index (χ4v) is 5.68. The van der Waals surface area contributed by atoms with Gasteiger partial charge in [-0.25, -0.2) is 13.8 Å². The zero-order valence-corrected chi connectivity index (χ0v) is 20.0. The molecule has 6 rings (SSSR count). The zero-order chi connectivity index (χ0) is 24.8. The number of pyridine rings is 2. The molecule has 2 atom stereocenters. The maximum Gasteiger partial charge on any atom is 0.273 e. The van der Waals surface area contributed by atoms with Crippen molar-refractivity contribution < 1.29 is 13.6 Å². The van der Waals surface area contributed by atoms with Crippen LogP contribution in [-0.2, 0) is 0 Å². The van der Waals surface area contributed by atoms with Crippen molar-refractivity contribution in [3.8, 4) is 0 Å². The van der Waals surface area contributed by atoms with Crippen molar-refractivity contribution in [2.24, 2.45) is 0 Å². The highest BCUT2D eigenvalue weighted by molar-refractivity contribution is 5.93. The third-order valence-corrected chi connectivity index (χ3v) is 7.84. The van der Waals surface area contributed by atoms with E-state index in [0.29, 0.717) is 17.1 Å². The van der Waals surface area contributed by atoms with E-state index in [4.69, 9.17) is 0 Å². The average Bonchev–Trinajstić information content (AvgIpc) is 3.54. The number of halogens is 2. The molecule has 2 saturated carbocycles. The van der Waals surface area contributed by atoms with Crippen molar-refractivity contribution in [3.63, 3.8) is 0 Å². The summed E-state index contributed by atoms with van der Waals surface area (Å²) in [6.45, 7) is 3.20. The van der Waals surface area contributed by atoms with Crippen LogP contribution in [0.3, 0.4) is 0 Å². The van der Waals surface area contributed by atoms with Gasteiger partial charge < -0.3 is 15.2 Å². The predicted molar refractivity (Wildman–Crippen MR) is 133 cm³/mol. The Balaban J connectivity index is 1.07. The van der Waals surface area contributed by atoms with Gasteiger partial charge in [0.1, 0.15) is 5.82 Å². The van der Waals surface area contributed by atoms with Gasteiger partial charge in [0, 0.05) is 55.9 Å². The number of nitrogens with zero attached hydrogens (tertiary/aromatic N) is 3. The molecule has 1 aromatic carbocycles. The summed E-state index contributed by atoms with van der Waals surface area (Å²) in [4.78, 5) is 36.3. The topological polar surface area (TPSA) is 81.3 Å². The van der Waals surface area contributed by atoms with E-state index >= 15 is 0 Å². The molecule has 0 bridgehead atoms. The molecule has 0 spiro atoms. The van der Waals surface area contributed by atoms with Crippen LogP contribution < -0.4 is 15.8 Å². The van der Waals surface area contributed by atoms with E-state index in [1.807, 2.05) is 6.07 Å². The second kappa shape index (κ2) is 9.28. The summed E-state index contributed by atoms with van der Waals surface area (Å²) in [7, 11) is 0. The highest BCUT2D eigenvalue weighted by atomic mass is 19.1. The van der Waals surface area contributed by atoms with Gasteiger partial charge in [0.2, 0.25) is 0 Å². The number of carbonyl (C=O) groups excluding carboxylic acids is 1. The summed E-state index contributed by atoms with van der Waals surface area (Å²) in [5, 5.41) is 3.54. The monoisotopic (exact) mass is 493 g/mol. The van der Waals surface area contributed by atoms with E-state index in [-0.39, 0.29) is 28.6 Å². The minimum Gasteiger partial charge on any atom is -0.368 e. The lowest BCUT2D eigenvalue weighted by Crippen LogP contribution is -2.49. The van der Waals surface area contributed by atoms with E-state index < -0.39 is 17.5 Å². The summed E-state index contributed by atoms with van der Waals surface area (Å²) < 4.78 is 28.7. The summed E-state index contributed by atoms with van der Waals surface area (Å²) in [5.74, 6) is -1.29. The Morgan fingerprint density at radius 1 is 1.03 bits per heavy atom. The van der Waals surface area contributed by atoms with E-state index in [0.717, 1.165) is 64.0 Å². The Labute approximate surface area is 207 Å². The molecule has 9 heteroatoms. The first kappa shape index (κ1) is 23.1. The van der Waals surface area contributed by atoms with Crippen LogP contribution in [0.25, 0.3) is 10.8 Å². The van der Waals surface area contributed by atoms with Gasteiger partial charge in [-0.2, -0.15) is 0 Å². The lowest BCUT2D eigenvalue weighted by Gasteiger charge is -2.39. The van der Waals surface area contributed by atoms with Crippen LogP contribution in [0.5, 0.6) is 0 Å². The Morgan fingerprint density at radius 2 is 1.83 bits per heavy atom. The van der Waals surface area contributed by atoms with E-state index in [1.165, 1.54) is 12.1 Å². The zero-order valence-electron chi connectivity index (χ0n) is 20.0. The maximum atomic E-state index is 14.6. The van der Waals surface area contributed by atoms with Gasteiger partial charge in [-0.1, -0.05) is 12.1 Å². The Morgan fingerprint density at radius 3 is 2.58 bits per heavy atom. The number of aromatic nitrogens is 2. The Hall–Kier alpha value is -3.33. The molecule has 2 aliphatic carbocycles. The van der Waals surface area contributed by atoms with Crippen LogP contribution in [0.1, 0.15) is 54.2 Å². The normalized spacial score (nSPS) is 22.8. The van der Waals surface area contributed by atoms with E-state index in [9.17, 15) is 18.4 Å². The number of benzene rings is 1. The number of amides is 1. The number of rotatable bonds is 5. The summed E-state index contributed by atoms with van der Waals surface area (Å²) in [5.41, 5.74) is 1.07. The number of nitrogens with one attached hydrogen (secondary N) is 2. The summed E-state index contributed by atoms with van der Waals surface area (Å²) in [6.07, 6.45) is 6.42. The Bertz CT molecular complexity index is 1360. The van der Waals surface area contributed by atoms with Gasteiger partial charge in [-0.3, -0.25) is 14.5 Å². The molecular formula is C27H29F2N5O2. The SMILES string of the molecule is O=C(NC1CC1)c1ncc(N2CCN([C@@H]3CC[C@@H](c4cc5cccc(F)c5c(=O)[nH]4)C3)CC2)cc1F. The number of hydrogen-bond acceptors (Lipinski definition) is 5. The van der Waals surface area contributed by atoms with Crippen molar-refractivity contribution in [3.05, 3.63) is 69.9 Å². The number of aromatic amines is 1. The smallest absolute Gasteiger partial charge is 0.273 e. The van der Waals surface area contributed by atoms with Crippen LogP contribution in [0, 0.1) is 11.6 Å². The number of hydrogen-bond donors (Lipinski definition) is 2. The molecule has 1 amide bonds. The largest absolute Gasteiger partial charge is 0.368 e. The first-order valence-corrected chi connectivity index (χ1v) is 12.7. The van der Waals surface area contributed by atoms with Crippen molar-refractivity contribution in [1.82, 2.24) is 20.2 Å². The molecule has 0 radical (unpaired) electrons. The second-order valence-corrected chi connectivity index (χ2v) is 10.2. The molecule has 7 nitrogen and oxygen atoms in total. The molecule has 3 aromatic rings. The highest BCUT2D eigenvalue weighted by Gasteiger charge is 2.33. The number of fused-ring (bicyclic) bond motifs is 1. The quantitative estimate of drug-likeness (QED) is 0.568. The molecule has 1 saturated heterocycles. The maximum absolute atomic E-state index is 14.6. The molecule has 0 unspecified atom stereocenters. The van der Waals surface area contributed by atoms with Gasteiger partial charge in [-0.15, -0.1) is 0 Å². The van der Waals surface area contributed by atoms with E-state index in [2.05, 4.69) is 25.1 Å². The lowest BCUT2D eigenvalue weighted by molar-refractivity contribution is 0.0941. The number of H-pyrrole nitrogens is 1. The van der Waals surface area contributed by atoms with Gasteiger partial charge in [0.05, 0.1) is 17.3 Å². The van der Waals surface area contributed by atoms with Crippen molar-refractivity contribution in [2.45, 2.75) is 50.1 Å². The Kier molecular flexibility index (Phi) is 5.95. The molecule has 3 heterocycles.